The molecule has 0 atom stereocenters. The summed E-state index contributed by atoms with van der Waals surface area (Å²) in [7, 11) is -3.00. The molecule has 0 aliphatic rings. The van der Waals surface area contributed by atoms with Crippen molar-refractivity contribution in [1.29, 1.82) is 0 Å². The number of carboxylic acid groups (broad SMARTS) is 1. The topological polar surface area (TPSA) is 107 Å². The predicted molar refractivity (Wildman–Crippen MR) is 52.0 cm³/mol. The molecular weight excluding hydrogens is 222 g/mol. The van der Waals surface area contributed by atoms with Crippen LogP contribution in [0.4, 0.5) is 5.69 Å². The van der Waals surface area contributed by atoms with Gasteiger partial charge in [0.25, 0.3) is 10.1 Å². The summed E-state index contributed by atoms with van der Waals surface area (Å²) in [5.41, 5.74) is 5.18. The number of carboxylic acids is 1. The van der Waals surface area contributed by atoms with Gasteiger partial charge in [-0.1, -0.05) is 0 Å². The van der Waals surface area contributed by atoms with Crippen LogP contribution in [-0.4, -0.2) is 26.6 Å². The van der Waals surface area contributed by atoms with Crippen molar-refractivity contribution in [3.05, 3.63) is 23.8 Å². The van der Waals surface area contributed by atoms with E-state index in [-0.39, 0.29) is 16.1 Å². The van der Waals surface area contributed by atoms with Crippen LogP contribution in [0.2, 0.25) is 0 Å². The van der Waals surface area contributed by atoms with Gasteiger partial charge in [0.1, 0.15) is 4.90 Å². The zero-order valence-electron chi connectivity index (χ0n) is 7.80. The van der Waals surface area contributed by atoms with Crippen LogP contribution in [0.1, 0.15) is 10.4 Å². The molecule has 0 aliphatic carbocycles. The molecule has 0 radical (unpaired) electrons. The Morgan fingerprint density at radius 3 is 2.53 bits per heavy atom. The number of nitrogens with two attached hydrogens (primary N) is 1. The van der Waals surface area contributed by atoms with E-state index in [9.17, 15) is 13.2 Å². The van der Waals surface area contributed by atoms with E-state index in [1.165, 1.54) is 12.1 Å². The van der Waals surface area contributed by atoms with E-state index in [4.69, 9.17) is 10.8 Å². The Balaban J connectivity index is 3.42. The second-order valence-corrected chi connectivity index (χ2v) is 4.36. The molecule has 82 valence electrons. The molecule has 1 aromatic rings. The monoisotopic (exact) mass is 231 g/mol. The lowest BCUT2D eigenvalue weighted by molar-refractivity contribution is 0.0696. The highest BCUT2D eigenvalue weighted by molar-refractivity contribution is 7.87. The number of anilines is 1. The van der Waals surface area contributed by atoms with Crippen LogP contribution < -0.4 is 5.73 Å². The van der Waals surface area contributed by atoms with Crippen LogP contribution >= 0.6 is 0 Å². The van der Waals surface area contributed by atoms with Crippen LogP contribution in [0.3, 0.4) is 0 Å². The first-order valence-corrected chi connectivity index (χ1v) is 5.23. The summed E-state index contributed by atoms with van der Waals surface area (Å²) < 4.78 is 26.8. The highest BCUT2D eigenvalue weighted by Gasteiger charge is 2.18. The first kappa shape index (κ1) is 11.5. The van der Waals surface area contributed by atoms with Gasteiger partial charge in [-0.2, -0.15) is 8.42 Å². The van der Waals surface area contributed by atoms with Gasteiger partial charge in [0.15, 0.2) is 0 Å². The minimum atomic E-state index is -3.97. The molecular formula is C8H9NO5S. The van der Waals surface area contributed by atoms with Crippen molar-refractivity contribution < 1.29 is 22.5 Å². The van der Waals surface area contributed by atoms with Crippen molar-refractivity contribution in [2.24, 2.45) is 0 Å². The summed E-state index contributed by atoms with van der Waals surface area (Å²) in [4.78, 5) is 10.3. The van der Waals surface area contributed by atoms with E-state index in [1.54, 1.807) is 0 Å². The van der Waals surface area contributed by atoms with Crippen LogP contribution in [0.5, 0.6) is 0 Å². The lowest BCUT2D eigenvalue weighted by Crippen LogP contribution is -2.08. The number of aromatic carboxylic acids is 1. The summed E-state index contributed by atoms with van der Waals surface area (Å²) in [5, 5.41) is 8.66. The van der Waals surface area contributed by atoms with Gasteiger partial charge in [-0.25, -0.2) is 4.79 Å². The van der Waals surface area contributed by atoms with E-state index >= 15 is 0 Å². The van der Waals surface area contributed by atoms with Gasteiger partial charge >= 0.3 is 5.97 Å². The average molecular weight is 231 g/mol. The average Bonchev–Trinajstić information content (AvgIpc) is 2.17. The smallest absolute Gasteiger partial charge is 0.335 e. The Hall–Kier alpha value is -1.60. The molecule has 3 N–H and O–H groups in total. The van der Waals surface area contributed by atoms with E-state index in [1.807, 2.05) is 0 Å². The van der Waals surface area contributed by atoms with Crippen molar-refractivity contribution >= 4 is 21.8 Å². The van der Waals surface area contributed by atoms with Gasteiger partial charge in [-0.3, -0.25) is 4.18 Å². The van der Waals surface area contributed by atoms with E-state index < -0.39 is 16.1 Å². The van der Waals surface area contributed by atoms with E-state index in [0.29, 0.717) is 0 Å². The van der Waals surface area contributed by atoms with Crippen LogP contribution in [0.15, 0.2) is 23.1 Å². The van der Waals surface area contributed by atoms with Crippen LogP contribution in [-0.2, 0) is 14.3 Å². The molecule has 0 spiro atoms. The lowest BCUT2D eigenvalue weighted by Gasteiger charge is -2.05. The molecule has 7 heteroatoms. The Morgan fingerprint density at radius 1 is 1.47 bits per heavy atom. The Labute approximate surface area is 86.4 Å². The van der Waals surface area contributed by atoms with Gasteiger partial charge in [0.2, 0.25) is 0 Å². The SMILES string of the molecule is COS(=O)(=O)c1cc(C(=O)O)ccc1N. The molecule has 0 fully saturated rings. The molecule has 0 saturated carbocycles. The zero-order valence-corrected chi connectivity index (χ0v) is 8.61. The van der Waals surface area contributed by atoms with Gasteiger partial charge < -0.3 is 10.8 Å². The molecule has 0 amide bonds. The number of hydrogen-bond donors (Lipinski definition) is 2. The van der Waals surface area contributed by atoms with Gasteiger partial charge in [-0.15, -0.1) is 0 Å². The maximum absolute atomic E-state index is 11.3. The molecule has 0 heterocycles. The third kappa shape index (κ3) is 2.25. The quantitative estimate of drug-likeness (QED) is 0.572. The lowest BCUT2D eigenvalue weighted by atomic mass is 10.2. The molecule has 0 saturated heterocycles. The maximum atomic E-state index is 11.3. The van der Waals surface area contributed by atoms with Gasteiger partial charge in [-0.05, 0) is 18.2 Å². The van der Waals surface area contributed by atoms with Gasteiger partial charge in [0, 0.05) is 0 Å². The largest absolute Gasteiger partial charge is 0.478 e. The molecule has 15 heavy (non-hydrogen) atoms. The fraction of sp³-hybridized carbons (Fsp3) is 0.125. The summed E-state index contributed by atoms with van der Waals surface area (Å²) in [6.45, 7) is 0. The fourth-order valence-electron chi connectivity index (χ4n) is 0.974. The van der Waals surface area contributed by atoms with Crippen molar-refractivity contribution in [2.75, 3.05) is 12.8 Å². The Morgan fingerprint density at radius 2 is 2.07 bits per heavy atom. The zero-order chi connectivity index (χ0) is 11.6. The summed E-state index contributed by atoms with van der Waals surface area (Å²) >= 11 is 0. The Bertz CT molecular complexity index is 494. The highest BCUT2D eigenvalue weighted by Crippen LogP contribution is 2.21. The molecule has 1 aromatic carbocycles. The first-order valence-electron chi connectivity index (χ1n) is 3.82. The first-order chi connectivity index (χ1) is 6.88. The normalized spacial score (nSPS) is 11.3. The minimum absolute atomic E-state index is 0.0538. The second kappa shape index (κ2) is 3.87. The highest BCUT2D eigenvalue weighted by atomic mass is 32.2. The van der Waals surface area contributed by atoms with Crippen molar-refractivity contribution in [3.63, 3.8) is 0 Å². The third-order valence-corrected chi connectivity index (χ3v) is 3.08. The third-order valence-electron chi connectivity index (χ3n) is 1.75. The molecule has 0 aromatic heterocycles. The van der Waals surface area contributed by atoms with Crippen LogP contribution in [0, 0.1) is 0 Å². The fourth-order valence-corrected chi connectivity index (χ4v) is 1.78. The summed E-state index contributed by atoms with van der Waals surface area (Å²) in [6, 6.07) is 3.37. The number of carbonyl (C=O) groups is 1. The van der Waals surface area contributed by atoms with Crippen LogP contribution in [0.25, 0.3) is 0 Å². The number of hydrogen-bond acceptors (Lipinski definition) is 5. The number of rotatable bonds is 3. The summed E-state index contributed by atoms with van der Waals surface area (Å²) in [5.74, 6) is -1.23. The Kier molecular flexibility index (Phi) is 2.96. The predicted octanol–water partition coefficient (Wildman–Crippen LogP) is 0.302. The number of nitrogen functional groups attached to an aromatic ring is 1. The van der Waals surface area contributed by atoms with E-state index in [2.05, 4.69) is 4.18 Å². The van der Waals surface area contributed by atoms with Crippen molar-refractivity contribution in [2.45, 2.75) is 4.90 Å². The van der Waals surface area contributed by atoms with E-state index in [0.717, 1.165) is 13.2 Å². The van der Waals surface area contributed by atoms with Crippen molar-refractivity contribution in [3.8, 4) is 0 Å². The second-order valence-electron chi connectivity index (χ2n) is 2.68. The molecule has 0 unspecified atom stereocenters. The van der Waals surface area contributed by atoms with Gasteiger partial charge in [0.05, 0.1) is 18.4 Å². The maximum Gasteiger partial charge on any atom is 0.335 e. The standard InChI is InChI=1S/C8H9NO5S/c1-14-15(12,13)7-4-5(8(10)11)2-3-6(7)9/h2-4H,9H2,1H3,(H,10,11). The molecule has 6 nitrogen and oxygen atoms in total. The molecule has 0 bridgehead atoms. The van der Waals surface area contributed by atoms with Crippen molar-refractivity contribution in [1.82, 2.24) is 0 Å². The molecule has 0 aliphatic heterocycles. The number of benzene rings is 1. The molecule has 1 rings (SSSR count). The summed E-state index contributed by atoms with van der Waals surface area (Å²) in [6.07, 6.45) is 0. The minimum Gasteiger partial charge on any atom is -0.478 e.